The quantitative estimate of drug-likeness (QED) is 0.850. The summed E-state index contributed by atoms with van der Waals surface area (Å²) in [5.74, 6) is 0.536. The van der Waals surface area contributed by atoms with Crippen molar-refractivity contribution in [1.82, 2.24) is 0 Å². The first-order chi connectivity index (χ1) is 13.0. The molecule has 1 unspecified atom stereocenters. The summed E-state index contributed by atoms with van der Waals surface area (Å²) in [4.78, 5) is 26.8. The molecule has 0 saturated carbocycles. The number of methoxy groups -OCH3 is 2. The van der Waals surface area contributed by atoms with Crippen molar-refractivity contribution in [3.63, 3.8) is 0 Å². The van der Waals surface area contributed by atoms with Crippen molar-refractivity contribution in [2.75, 3.05) is 31.0 Å². The van der Waals surface area contributed by atoms with Crippen LogP contribution in [0.2, 0.25) is 0 Å². The van der Waals surface area contributed by atoms with Gasteiger partial charge in [-0.3, -0.25) is 9.59 Å². The van der Waals surface area contributed by atoms with Crippen molar-refractivity contribution in [3.05, 3.63) is 48.0 Å². The third-order valence-electron chi connectivity index (χ3n) is 4.78. The monoisotopic (exact) mass is 368 g/mol. The average Bonchev–Trinajstić information content (AvgIpc) is 3.09. The Morgan fingerprint density at radius 1 is 1.19 bits per heavy atom. The minimum Gasteiger partial charge on any atom is -0.497 e. The molecule has 3 rings (SSSR count). The second-order valence-corrected chi connectivity index (χ2v) is 6.49. The molecule has 6 nitrogen and oxygen atoms in total. The summed E-state index contributed by atoms with van der Waals surface area (Å²) >= 11 is 0. The number of hydrogen-bond donors (Lipinski definition) is 1. The summed E-state index contributed by atoms with van der Waals surface area (Å²) in [5.41, 5.74) is 2.55. The first-order valence-corrected chi connectivity index (χ1v) is 8.98. The fourth-order valence-electron chi connectivity index (χ4n) is 3.24. The van der Waals surface area contributed by atoms with Crippen LogP contribution in [0, 0.1) is 5.92 Å². The highest BCUT2D eigenvalue weighted by Crippen LogP contribution is 2.36. The van der Waals surface area contributed by atoms with Crippen molar-refractivity contribution in [2.45, 2.75) is 19.8 Å². The van der Waals surface area contributed by atoms with Crippen LogP contribution < -0.4 is 19.7 Å². The van der Waals surface area contributed by atoms with E-state index in [9.17, 15) is 9.59 Å². The minimum atomic E-state index is -0.408. The van der Waals surface area contributed by atoms with Gasteiger partial charge < -0.3 is 19.7 Å². The SMILES string of the molecule is CCc1cccc(NC(=O)C2CC(=O)N(c3ccc(OC)cc3OC)C2)c1. The van der Waals surface area contributed by atoms with Crippen molar-refractivity contribution < 1.29 is 19.1 Å². The second-order valence-electron chi connectivity index (χ2n) is 6.49. The van der Waals surface area contributed by atoms with Gasteiger partial charge in [0.25, 0.3) is 0 Å². The van der Waals surface area contributed by atoms with Gasteiger partial charge in [-0.05, 0) is 36.2 Å². The summed E-state index contributed by atoms with van der Waals surface area (Å²) in [6.45, 7) is 2.39. The lowest BCUT2D eigenvalue weighted by Crippen LogP contribution is -2.28. The van der Waals surface area contributed by atoms with E-state index in [0.29, 0.717) is 23.7 Å². The maximum Gasteiger partial charge on any atom is 0.229 e. The molecule has 1 heterocycles. The van der Waals surface area contributed by atoms with Crippen LogP contribution in [0.25, 0.3) is 0 Å². The third-order valence-corrected chi connectivity index (χ3v) is 4.78. The van der Waals surface area contributed by atoms with Gasteiger partial charge in [-0.1, -0.05) is 19.1 Å². The summed E-state index contributed by atoms with van der Waals surface area (Å²) in [6.07, 6.45) is 1.07. The van der Waals surface area contributed by atoms with Crippen LogP contribution in [0.15, 0.2) is 42.5 Å². The molecule has 0 aliphatic carbocycles. The van der Waals surface area contributed by atoms with Crippen molar-refractivity contribution in [2.24, 2.45) is 5.92 Å². The Hall–Kier alpha value is -3.02. The minimum absolute atomic E-state index is 0.0964. The van der Waals surface area contributed by atoms with E-state index in [4.69, 9.17) is 9.47 Å². The zero-order valence-electron chi connectivity index (χ0n) is 15.8. The van der Waals surface area contributed by atoms with Gasteiger partial charge in [-0.15, -0.1) is 0 Å². The standard InChI is InChI=1S/C21H24N2O4/c1-4-14-6-5-7-16(10-14)22-21(25)15-11-20(24)23(13-15)18-9-8-17(26-2)12-19(18)27-3/h5-10,12,15H,4,11,13H2,1-3H3,(H,22,25). The van der Waals surface area contributed by atoms with E-state index in [1.54, 1.807) is 37.3 Å². The van der Waals surface area contributed by atoms with Crippen LogP contribution in [0.4, 0.5) is 11.4 Å². The van der Waals surface area contributed by atoms with Crippen LogP contribution in [-0.2, 0) is 16.0 Å². The van der Waals surface area contributed by atoms with Crippen molar-refractivity contribution in [1.29, 1.82) is 0 Å². The predicted molar refractivity (Wildman–Crippen MR) is 104 cm³/mol. The predicted octanol–water partition coefficient (Wildman–Crippen LogP) is 3.26. The summed E-state index contributed by atoms with van der Waals surface area (Å²) in [7, 11) is 3.12. The van der Waals surface area contributed by atoms with E-state index >= 15 is 0 Å². The smallest absolute Gasteiger partial charge is 0.229 e. The fourth-order valence-corrected chi connectivity index (χ4v) is 3.24. The molecule has 1 aliphatic rings. The van der Waals surface area contributed by atoms with Gasteiger partial charge in [0, 0.05) is 24.7 Å². The highest BCUT2D eigenvalue weighted by atomic mass is 16.5. The molecule has 0 aromatic heterocycles. The summed E-state index contributed by atoms with van der Waals surface area (Å²) < 4.78 is 10.6. The molecule has 1 fully saturated rings. The van der Waals surface area contributed by atoms with Gasteiger partial charge in [0.15, 0.2) is 0 Å². The molecule has 1 N–H and O–H groups in total. The van der Waals surface area contributed by atoms with Gasteiger partial charge in [0.2, 0.25) is 11.8 Å². The average molecular weight is 368 g/mol. The van der Waals surface area contributed by atoms with Crippen molar-refractivity contribution in [3.8, 4) is 11.5 Å². The molecule has 2 amide bonds. The number of ether oxygens (including phenoxy) is 2. The number of anilines is 2. The molecule has 1 aliphatic heterocycles. The molecule has 142 valence electrons. The number of carbonyl (C=O) groups excluding carboxylic acids is 2. The van der Waals surface area contributed by atoms with Gasteiger partial charge in [-0.25, -0.2) is 0 Å². The lowest BCUT2D eigenvalue weighted by atomic mass is 10.1. The van der Waals surface area contributed by atoms with E-state index in [1.165, 1.54) is 0 Å². The van der Waals surface area contributed by atoms with Gasteiger partial charge in [0.1, 0.15) is 11.5 Å². The number of carbonyl (C=O) groups is 2. The second kappa shape index (κ2) is 8.12. The Morgan fingerprint density at radius 2 is 2.00 bits per heavy atom. The number of benzene rings is 2. The summed E-state index contributed by atoms with van der Waals surface area (Å²) in [5, 5.41) is 2.93. The zero-order valence-corrected chi connectivity index (χ0v) is 15.8. The number of nitrogens with one attached hydrogen (secondary N) is 1. The Balaban J connectivity index is 1.74. The highest BCUT2D eigenvalue weighted by molar-refractivity contribution is 6.04. The molecule has 2 aromatic rings. The Bertz CT molecular complexity index is 850. The maximum absolute atomic E-state index is 12.7. The zero-order chi connectivity index (χ0) is 19.4. The van der Waals surface area contributed by atoms with Crippen LogP contribution >= 0.6 is 0 Å². The normalized spacial score (nSPS) is 16.3. The van der Waals surface area contributed by atoms with Gasteiger partial charge >= 0.3 is 0 Å². The molecule has 6 heteroatoms. The number of amides is 2. The number of hydrogen-bond acceptors (Lipinski definition) is 4. The van der Waals surface area contributed by atoms with Crippen LogP contribution in [0.5, 0.6) is 11.5 Å². The number of nitrogens with zero attached hydrogens (tertiary/aromatic N) is 1. The number of aryl methyl sites for hydroxylation is 1. The molecule has 0 radical (unpaired) electrons. The Labute approximate surface area is 159 Å². The molecular weight excluding hydrogens is 344 g/mol. The van der Waals surface area contributed by atoms with Crippen LogP contribution in [-0.4, -0.2) is 32.6 Å². The first-order valence-electron chi connectivity index (χ1n) is 8.98. The van der Waals surface area contributed by atoms with Crippen LogP contribution in [0.1, 0.15) is 18.9 Å². The largest absolute Gasteiger partial charge is 0.497 e. The number of rotatable bonds is 6. The molecule has 27 heavy (non-hydrogen) atoms. The maximum atomic E-state index is 12.7. The molecule has 1 saturated heterocycles. The van der Waals surface area contributed by atoms with Crippen LogP contribution in [0.3, 0.4) is 0 Å². The van der Waals surface area contributed by atoms with E-state index in [0.717, 1.165) is 17.7 Å². The fraction of sp³-hybridized carbons (Fsp3) is 0.333. The summed E-state index contributed by atoms with van der Waals surface area (Å²) in [6, 6.07) is 13.0. The van der Waals surface area contributed by atoms with Gasteiger partial charge in [-0.2, -0.15) is 0 Å². The van der Waals surface area contributed by atoms with Crippen molar-refractivity contribution >= 4 is 23.2 Å². The van der Waals surface area contributed by atoms with E-state index < -0.39 is 5.92 Å². The highest BCUT2D eigenvalue weighted by Gasteiger charge is 2.36. The molecule has 0 bridgehead atoms. The Morgan fingerprint density at radius 3 is 2.70 bits per heavy atom. The lowest BCUT2D eigenvalue weighted by molar-refractivity contribution is -0.122. The lowest BCUT2D eigenvalue weighted by Gasteiger charge is -2.20. The van der Waals surface area contributed by atoms with E-state index in [1.807, 2.05) is 24.3 Å². The topological polar surface area (TPSA) is 67.9 Å². The molecule has 1 atom stereocenters. The first kappa shape index (κ1) is 18.8. The molecule has 2 aromatic carbocycles. The van der Waals surface area contributed by atoms with E-state index in [2.05, 4.69) is 12.2 Å². The Kier molecular flexibility index (Phi) is 5.64. The molecular formula is C21H24N2O4. The third kappa shape index (κ3) is 4.05. The van der Waals surface area contributed by atoms with Gasteiger partial charge in [0.05, 0.1) is 25.8 Å². The van der Waals surface area contributed by atoms with E-state index in [-0.39, 0.29) is 18.2 Å². The molecule has 0 spiro atoms.